The van der Waals surface area contributed by atoms with E-state index in [0.29, 0.717) is 45.3 Å². The number of carbonyl (C=O) groups excluding carboxylic acids is 2. The molecule has 6 fully saturated rings. The molecule has 1 aliphatic carbocycles. The summed E-state index contributed by atoms with van der Waals surface area (Å²) in [6.07, 6.45) is -0.379. The molecule has 6 rings (SSSR count). The van der Waals surface area contributed by atoms with Gasteiger partial charge in [0.25, 0.3) is 0 Å². The molecule has 5 aliphatic heterocycles. The fourth-order valence-corrected chi connectivity index (χ4v) is 9.44. The molecule has 4 N–H and O–H groups in total. The number of piperidine rings is 2. The predicted octanol–water partition coefficient (Wildman–Crippen LogP) is 1.99. The third-order valence-corrected chi connectivity index (χ3v) is 11.5. The van der Waals surface area contributed by atoms with Crippen LogP contribution in [-0.2, 0) is 9.53 Å². The van der Waals surface area contributed by atoms with Gasteiger partial charge in [0.2, 0.25) is 5.91 Å². The molecule has 3 amide bonds. The fourth-order valence-electron chi connectivity index (χ4n) is 9.44. The Labute approximate surface area is 260 Å². The van der Waals surface area contributed by atoms with Gasteiger partial charge in [-0.3, -0.25) is 15.0 Å². The SMILES string of the molecule is C=CC(=O)N1CCN(C2NC(=O)N3C4NC(C(F)CC42)C2C(F)CCCC2OCC(O)CC2CCNC(C(C)C)C23)[C@@H](C)C1. The monoisotopic (exact) mass is 622 g/mol. The minimum Gasteiger partial charge on any atom is -0.391 e. The van der Waals surface area contributed by atoms with Crippen molar-refractivity contribution in [2.45, 2.75) is 120 Å². The Morgan fingerprint density at radius 3 is 2.66 bits per heavy atom. The molecule has 12 heteroatoms. The lowest BCUT2D eigenvalue weighted by Crippen LogP contribution is -2.80. The van der Waals surface area contributed by atoms with Crippen LogP contribution in [0.3, 0.4) is 0 Å². The molecule has 6 aliphatic rings. The van der Waals surface area contributed by atoms with Crippen molar-refractivity contribution in [2.24, 2.45) is 23.7 Å². The topological polar surface area (TPSA) is 109 Å². The van der Waals surface area contributed by atoms with Crippen molar-refractivity contribution >= 4 is 11.9 Å². The molecule has 0 aromatic carbocycles. The summed E-state index contributed by atoms with van der Waals surface area (Å²) >= 11 is 0. The molecule has 13 atom stereocenters. The van der Waals surface area contributed by atoms with Crippen molar-refractivity contribution in [1.82, 2.24) is 30.7 Å². The van der Waals surface area contributed by atoms with Crippen LogP contribution in [-0.4, -0.2) is 126 Å². The number of alkyl halides is 2. The van der Waals surface area contributed by atoms with Crippen LogP contribution in [0.5, 0.6) is 0 Å². The van der Waals surface area contributed by atoms with E-state index in [4.69, 9.17) is 4.74 Å². The Kier molecular flexibility index (Phi) is 9.55. The summed E-state index contributed by atoms with van der Waals surface area (Å²) in [7, 11) is 0. The first-order chi connectivity index (χ1) is 21.1. The van der Waals surface area contributed by atoms with Crippen LogP contribution < -0.4 is 16.0 Å². The number of nitrogens with zero attached hydrogens (tertiary/aromatic N) is 3. The van der Waals surface area contributed by atoms with Gasteiger partial charge in [0.1, 0.15) is 12.3 Å². The highest BCUT2D eigenvalue weighted by atomic mass is 19.1. The van der Waals surface area contributed by atoms with Crippen LogP contribution in [0.2, 0.25) is 0 Å². The maximum absolute atomic E-state index is 16.5. The largest absolute Gasteiger partial charge is 0.391 e. The average molecular weight is 623 g/mol. The number of rotatable bonds is 3. The summed E-state index contributed by atoms with van der Waals surface area (Å²) in [4.78, 5) is 32.6. The van der Waals surface area contributed by atoms with Crippen LogP contribution in [0.25, 0.3) is 0 Å². The summed E-state index contributed by atoms with van der Waals surface area (Å²) in [6.45, 7) is 12.3. The van der Waals surface area contributed by atoms with Crippen molar-refractivity contribution in [2.75, 3.05) is 32.8 Å². The number of ether oxygens (including phenoxy) is 1. The van der Waals surface area contributed by atoms with E-state index in [1.807, 2.05) is 11.8 Å². The Morgan fingerprint density at radius 2 is 1.93 bits per heavy atom. The Morgan fingerprint density at radius 1 is 1.14 bits per heavy atom. The smallest absolute Gasteiger partial charge is 0.320 e. The van der Waals surface area contributed by atoms with Crippen LogP contribution in [0, 0.1) is 23.7 Å². The molecule has 44 heavy (non-hydrogen) atoms. The fraction of sp³-hybridized carbons (Fsp3) is 0.875. The molecule has 0 aromatic rings. The van der Waals surface area contributed by atoms with Crippen molar-refractivity contribution in [3.63, 3.8) is 0 Å². The first-order valence-electron chi connectivity index (χ1n) is 16.9. The summed E-state index contributed by atoms with van der Waals surface area (Å²) < 4.78 is 38.5. The Bertz CT molecular complexity index is 1070. The zero-order chi connectivity index (χ0) is 31.3. The van der Waals surface area contributed by atoms with Gasteiger partial charge in [-0.25, -0.2) is 13.6 Å². The predicted molar refractivity (Wildman–Crippen MR) is 162 cm³/mol. The standard InChI is InChI=1S/C32H52F2N6O4/c1-5-25(42)38-11-12-39(18(4)15-38)30-21-14-23(34)28-26-22(33)7-6-8-24(26)44-16-20(41)13-19-9-10-35-27(17(2)3)29(19)40(31(21)36-28)32(43)37-30/h5,17-24,26-31,35-36,41H,1,6-16H2,2-4H3,(H,37,43)/t18-,19?,20?,21?,22?,23?,24?,26?,27?,28?,29?,30?,31?/m0/s1. The van der Waals surface area contributed by atoms with Crippen molar-refractivity contribution in [1.29, 1.82) is 0 Å². The van der Waals surface area contributed by atoms with E-state index in [2.05, 4.69) is 41.3 Å². The van der Waals surface area contributed by atoms with Gasteiger partial charge in [-0.2, -0.15) is 0 Å². The third-order valence-electron chi connectivity index (χ3n) is 11.5. The zero-order valence-corrected chi connectivity index (χ0v) is 26.4. The lowest BCUT2D eigenvalue weighted by atomic mass is 9.72. The van der Waals surface area contributed by atoms with Gasteiger partial charge in [-0.15, -0.1) is 0 Å². The summed E-state index contributed by atoms with van der Waals surface area (Å²) in [5.74, 6) is -0.924. The maximum atomic E-state index is 16.5. The molecular weight excluding hydrogens is 570 g/mol. The number of fused-ring (bicyclic) bond motifs is 5. The van der Waals surface area contributed by atoms with Gasteiger partial charge in [0, 0.05) is 49.6 Å². The molecule has 5 heterocycles. The van der Waals surface area contributed by atoms with Crippen LogP contribution in [0.1, 0.15) is 59.3 Å². The number of halogens is 2. The molecular formula is C32H52F2N6O4. The van der Waals surface area contributed by atoms with Gasteiger partial charge < -0.3 is 30.3 Å². The van der Waals surface area contributed by atoms with Gasteiger partial charge >= 0.3 is 6.03 Å². The summed E-state index contributed by atoms with van der Waals surface area (Å²) in [5.41, 5.74) is 0. The Hall–Kier alpha value is -1.86. The second-order valence-corrected chi connectivity index (χ2v) is 14.5. The summed E-state index contributed by atoms with van der Waals surface area (Å²) in [6, 6.07) is -1.38. The Balaban J connectivity index is 1.39. The molecule has 2 bridgehead atoms. The highest BCUT2D eigenvalue weighted by molar-refractivity contribution is 5.87. The lowest BCUT2D eigenvalue weighted by molar-refractivity contribution is -0.138. The molecule has 12 unspecified atom stereocenters. The number of urea groups is 1. The number of hydrogen-bond acceptors (Lipinski definition) is 7. The molecule has 0 spiro atoms. The van der Waals surface area contributed by atoms with Crippen molar-refractivity contribution < 1.29 is 28.2 Å². The zero-order valence-electron chi connectivity index (χ0n) is 26.4. The van der Waals surface area contributed by atoms with E-state index in [1.165, 1.54) is 6.08 Å². The average Bonchev–Trinajstić information content (AvgIpc) is 2.99. The van der Waals surface area contributed by atoms with Gasteiger partial charge in [0.05, 0.1) is 37.2 Å². The third kappa shape index (κ3) is 5.89. The molecule has 10 nitrogen and oxygen atoms in total. The normalized spacial score (nSPS) is 45.3. The van der Waals surface area contributed by atoms with Crippen LogP contribution in [0.4, 0.5) is 13.6 Å². The van der Waals surface area contributed by atoms with Crippen molar-refractivity contribution in [3.8, 4) is 0 Å². The number of carbonyl (C=O) groups is 2. The van der Waals surface area contributed by atoms with Crippen molar-refractivity contribution in [3.05, 3.63) is 12.7 Å². The molecule has 1 saturated carbocycles. The minimum atomic E-state index is -1.34. The van der Waals surface area contributed by atoms with Crippen LogP contribution >= 0.6 is 0 Å². The number of aliphatic hydroxyl groups is 1. The number of hydrogen-bond donors (Lipinski definition) is 4. The van der Waals surface area contributed by atoms with E-state index in [1.54, 1.807) is 4.90 Å². The van der Waals surface area contributed by atoms with E-state index in [-0.39, 0.29) is 60.8 Å². The highest BCUT2D eigenvalue weighted by Gasteiger charge is 2.57. The van der Waals surface area contributed by atoms with Gasteiger partial charge in [0.15, 0.2) is 0 Å². The summed E-state index contributed by atoms with van der Waals surface area (Å²) in [5, 5.41) is 21.7. The van der Waals surface area contributed by atoms with E-state index in [9.17, 15) is 14.7 Å². The first kappa shape index (κ1) is 32.1. The second kappa shape index (κ2) is 13.1. The van der Waals surface area contributed by atoms with Gasteiger partial charge in [-0.05, 0) is 69.9 Å². The maximum Gasteiger partial charge on any atom is 0.320 e. The second-order valence-electron chi connectivity index (χ2n) is 14.5. The number of nitrogens with one attached hydrogen (secondary N) is 3. The molecule has 5 saturated heterocycles. The molecule has 0 aromatic heterocycles. The molecule has 248 valence electrons. The highest BCUT2D eigenvalue weighted by Crippen LogP contribution is 2.43. The lowest BCUT2D eigenvalue weighted by Gasteiger charge is -2.60. The molecule has 0 radical (unpaired) electrons. The van der Waals surface area contributed by atoms with E-state index < -0.39 is 48.8 Å². The van der Waals surface area contributed by atoms with E-state index >= 15 is 8.78 Å². The minimum absolute atomic E-state index is 0.0106. The van der Waals surface area contributed by atoms with Gasteiger partial charge in [-0.1, -0.05) is 20.4 Å². The number of aliphatic hydroxyl groups excluding tert-OH is 1. The number of piperazine rings is 1. The van der Waals surface area contributed by atoms with Crippen LogP contribution in [0.15, 0.2) is 12.7 Å². The number of amides is 3. The van der Waals surface area contributed by atoms with E-state index in [0.717, 1.165) is 13.0 Å². The quantitative estimate of drug-likeness (QED) is 0.357. The first-order valence-corrected chi connectivity index (χ1v) is 16.9.